The summed E-state index contributed by atoms with van der Waals surface area (Å²) in [6.45, 7) is 0.159. The topological polar surface area (TPSA) is 66.5 Å². The van der Waals surface area contributed by atoms with E-state index in [1.165, 1.54) is 30.1 Å². The highest BCUT2D eigenvalue weighted by atomic mass is 35.5. The van der Waals surface area contributed by atoms with Crippen molar-refractivity contribution in [2.45, 2.75) is 15.8 Å². The zero-order chi connectivity index (χ0) is 17.5. The summed E-state index contributed by atoms with van der Waals surface area (Å²) in [4.78, 5) is 13.4. The zero-order valence-electron chi connectivity index (χ0n) is 12.7. The number of alkyl halides is 2. The van der Waals surface area contributed by atoms with Gasteiger partial charge in [-0.15, -0.1) is 0 Å². The van der Waals surface area contributed by atoms with Crippen LogP contribution >= 0.6 is 23.2 Å². The number of carbonyl (C=O) groups excluding carboxylic acids is 1. The largest absolute Gasteiger partial charge is 0.312 e. The molecule has 5 nitrogen and oxygen atoms in total. The number of hydrogen-bond acceptors (Lipinski definition) is 3. The first kappa shape index (κ1) is 17.2. The Hall–Kier alpha value is -1.60. The van der Waals surface area contributed by atoms with E-state index < -0.39 is 20.3 Å². The normalized spacial score (nSPS) is 16.3. The van der Waals surface area contributed by atoms with Crippen molar-refractivity contribution >= 4 is 44.8 Å². The van der Waals surface area contributed by atoms with Crippen LogP contribution in [0.4, 0.5) is 5.69 Å². The highest BCUT2D eigenvalue weighted by Crippen LogP contribution is 2.47. The average molecular weight is 385 g/mol. The Bertz CT molecular complexity index is 899. The Morgan fingerprint density at radius 3 is 2.46 bits per heavy atom. The van der Waals surface area contributed by atoms with Crippen LogP contribution in [0.3, 0.4) is 0 Å². The number of fused-ring (bicyclic) bond motifs is 1. The quantitative estimate of drug-likeness (QED) is 0.824. The summed E-state index contributed by atoms with van der Waals surface area (Å²) in [7, 11) is -2.23. The third-order valence-electron chi connectivity index (χ3n) is 3.86. The van der Waals surface area contributed by atoms with Crippen molar-refractivity contribution in [2.75, 3.05) is 11.9 Å². The van der Waals surface area contributed by atoms with E-state index in [9.17, 15) is 13.2 Å². The number of sulfonamides is 1. The van der Waals surface area contributed by atoms with Crippen molar-refractivity contribution in [3.63, 3.8) is 0 Å². The Balaban J connectivity index is 1.91. The van der Waals surface area contributed by atoms with Gasteiger partial charge in [-0.3, -0.25) is 4.79 Å². The second-order valence-electron chi connectivity index (χ2n) is 5.43. The fourth-order valence-electron chi connectivity index (χ4n) is 2.52. The van der Waals surface area contributed by atoms with Gasteiger partial charge >= 0.3 is 0 Å². The molecule has 0 saturated heterocycles. The molecular formula is C16H14Cl2N2O3S. The molecule has 0 bridgehead atoms. The molecule has 2 aromatic carbocycles. The van der Waals surface area contributed by atoms with Gasteiger partial charge in [-0.25, -0.2) is 13.1 Å². The molecule has 1 N–H and O–H groups in total. The number of hydrogen-bond donors (Lipinski definition) is 1. The highest BCUT2D eigenvalue weighted by Gasteiger charge is 2.47. The molecule has 1 aliphatic rings. The predicted molar refractivity (Wildman–Crippen MR) is 93.7 cm³/mol. The van der Waals surface area contributed by atoms with Gasteiger partial charge < -0.3 is 4.90 Å². The maximum absolute atomic E-state index is 12.5. The molecule has 0 aromatic heterocycles. The molecule has 0 saturated carbocycles. The monoisotopic (exact) mass is 384 g/mol. The molecule has 0 spiro atoms. The number of benzene rings is 2. The van der Waals surface area contributed by atoms with Crippen LogP contribution in [0.25, 0.3) is 0 Å². The predicted octanol–water partition coefficient (Wildman–Crippen LogP) is 2.77. The van der Waals surface area contributed by atoms with Crippen LogP contribution in [0.1, 0.15) is 11.1 Å². The summed E-state index contributed by atoms with van der Waals surface area (Å²) >= 11 is 12.2. The number of anilines is 1. The van der Waals surface area contributed by atoms with Crippen LogP contribution < -0.4 is 9.62 Å². The number of carbonyl (C=O) groups is 1. The van der Waals surface area contributed by atoms with Crippen molar-refractivity contribution in [1.29, 1.82) is 0 Å². The van der Waals surface area contributed by atoms with E-state index in [4.69, 9.17) is 23.2 Å². The van der Waals surface area contributed by atoms with E-state index in [2.05, 4.69) is 4.72 Å². The van der Waals surface area contributed by atoms with Crippen LogP contribution in [0.15, 0.2) is 53.4 Å². The van der Waals surface area contributed by atoms with Crippen molar-refractivity contribution in [3.8, 4) is 0 Å². The van der Waals surface area contributed by atoms with Crippen LogP contribution in [-0.2, 0) is 25.7 Å². The summed E-state index contributed by atoms with van der Waals surface area (Å²) in [5.41, 5.74) is 1.59. The second-order valence-corrected chi connectivity index (χ2v) is 8.52. The average Bonchev–Trinajstić information content (AvgIpc) is 2.75. The maximum atomic E-state index is 12.5. The van der Waals surface area contributed by atoms with Crippen LogP contribution in [0, 0.1) is 0 Å². The van der Waals surface area contributed by atoms with Crippen molar-refractivity contribution in [2.24, 2.45) is 0 Å². The molecule has 0 radical (unpaired) electrons. The maximum Gasteiger partial charge on any atom is 0.267 e. The number of nitrogens with zero attached hydrogens (tertiary/aromatic N) is 1. The molecule has 2 aromatic rings. The van der Waals surface area contributed by atoms with E-state index in [0.717, 1.165) is 5.56 Å². The van der Waals surface area contributed by atoms with Gasteiger partial charge in [-0.2, -0.15) is 0 Å². The standard InChI is InChI=1S/C16H14Cl2N2O3S/c1-20-14-8-7-12(9-13(14)16(17,18)15(20)21)24(22,23)19-10-11-5-3-2-4-6-11/h2-9,19H,10H2,1H3. The zero-order valence-corrected chi connectivity index (χ0v) is 15.0. The third kappa shape index (κ3) is 2.91. The molecule has 8 heteroatoms. The molecule has 1 heterocycles. The Kier molecular flexibility index (Phi) is 4.34. The van der Waals surface area contributed by atoms with Crippen molar-refractivity contribution in [1.82, 2.24) is 4.72 Å². The summed E-state index contributed by atoms with van der Waals surface area (Å²) in [6.07, 6.45) is 0. The minimum Gasteiger partial charge on any atom is -0.312 e. The first-order valence-electron chi connectivity index (χ1n) is 7.07. The third-order valence-corrected chi connectivity index (χ3v) is 5.99. The molecule has 0 unspecified atom stereocenters. The molecule has 0 atom stereocenters. The number of nitrogens with one attached hydrogen (secondary N) is 1. The fraction of sp³-hybridized carbons (Fsp3) is 0.188. The van der Waals surface area contributed by atoms with Gasteiger partial charge in [0.25, 0.3) is 5.91 Å². The number of rotatable bonds is 4. The summed E-state index contributed by atoms with van der Waals surface area (Å²) < 4.78 is 25.7. The van der Waals surface area contributed by atoms with E-state index in [0.29, 0.717) is 5.69 Å². The molecule has 1 aliphatic heterocycles. The van der Waals surface area contributed by atoms with Crippen LogP contribution in [0.5, 0.6) is 0 Å². The minimum atomic E-state index is -3.76. The first-order valence-corrected chi connectivity index (χ1v) is 9.31. The Labute approximate surface area is 150 Å². The summed E-state index contributed by atoms with van der Waals surface area (Å²) in [6, 6.07) is 13.4. The SMILES string of the molecule is CN1C(=O)C(Cl)(Cl)c2cc(S(=O)(=O)NCc3ccccc3)ccc21. The van der Waals surface area contributed by atoms with Crippen LogP contribution in [-0.4, -0.2) is 21.4 Å². The summed E-state index contributed by atoms with van der Waals surface area (Å²) in [5, 5.41) is 0. The highest BCUT2D eigenvalue weighted by molar-refractivity contribution is 7.89. The Morgan fingerprint density at radius 2 is 1.79 bits per heavy atom. The molecule has 24 heavy (non-hydrogen) atoms. The lowest BCUT2D eigenvalue weighted by Gasteiger charge is -2.12. The number of amides is 1. The molecular weight excluding hydrogens is 371 g/mol. The molecule has 0 aliphatic carbocycles. The van der Waals surface area contributed by atoms with Crippen LogP contribution in [0.2, 0.25) is 0 Å². The molecule has 3 rings (SSSR count). The number of halogens is 2. The Morgan fingerprint density at radius 1 is 1.12 bits per heavy atom. The van der Waals surface area contributed by atoms with E-state index in [-0.39, 0.29) is 17.0 Å². The fourth-order valence-corrected chi connectivity index (χ4v) is 4.12. The van der Waals surface area contributed by atoms with Crippen molar-refractivity contribution < 1.29 is 13.2 Å². The summed E-state index contributed by atoms with van der Waals surface area (Å²) in [5.74, 6) is -0.507. The lowest BCUT2D eigenvalue weighted by Crippen LogP contribution is -2.29. The van der Waals surface area contributed by atoms with Gasteiger partial charge in [0.15, 0.2) is 0 Å². The van der Waals surface area contributed by atoms with Gasteiger partial charge in [0.2, 0.25) is 14.4 Å². The van der Waals surface area contributed by atoms with E-state index in [1.54, 1.807) is 0 Å². The smallest absolute Gasteiger partial charge is 0.267 e. The van der Waals surface area contributed by atoms with Gasteiger partial charge in [0.1, 0.15) is 0 Å². The van der Waals surface area contributed by atoms with Gasteiger partial charge in [-0.1, -0.05) is 53.5 Å². The van der Waals surface area contributed by atoms with E-state index >= 15 is 0 Å². The second kappa shape index (κ2) is 6.04. The van der Waals surface area contributed by atoms with Gasteiger partial charge in [0.05, 0.1) is 10.6 Å². The molecule has 126 valence electrons. The lowest BCUT2D eigenvalue weighted by atomic mass is 10.1. The molecule has 0 fully saturated rings. The van der Waals surface area contributed by atoms with Gasteiger partial charge in [-0.05, 0) is 23.8 Å². The first-order chi connectivity index (χ1) is 11.2. The lowest BCUT2D eigenvalue weighted by molar-refractivity contribution is -0.118. The van der Waals surface area contributed by atoms with E-state index in [1.807, 2.05) is 30.3 Å². The van der Waals surface area contributed by atoms with Crippen molar-refractivity contribution in [3.05, 3.63) is 59.7 Å². The minimum absolute atomic E-state index is 0.00551. The van der Waals surface area contributed by atoms with Gasteiger partial charge in [0, 0.05) is 19.2 Å². The molecule has 1 amide bonds. The number of likely N-dealkylation sites (N-methyl/N-ethyl adjacent to an activating group) is 1.